The molecule has 100 valence electrons. The van der Waals surface area contributed by atoms with Gasteiger partial charge in [0.2, 0.25) is 10.0 Å². The molecular formula is C12H17ClN2O2S. The van der Waals surface area contributed by atoms with Crippen LogP contribution < -0.4 is 9.62 Å². The smallest absolute Gasteiger partial charge is 0.229 e. The van der Waals surface area contributed by atoms with Crippen LogP contribution in [0.5, 0.6) is 0 Å². The molecule has 2 rings (SSSR count). The van der Waals surface area contributed by atoms with E-state index in [1.807, 2.05) is 6.07 Å². The van der Waals surface area contributed by atoms with Crippen molar-refractivity contribution in [1.29, 1.82) is 0 Å². The Bertz CT molecular complexity index is 525. The van der Waals surface area contributed by atoms with Gasteiger partial charge >= 0.3 is 0 Å². The van der Waals surface area contributed by atoms with E-state index in [2.05, 4.69) is 9.62 Å². The Balaban J connectivity index is 2.33. The second kappa shape index (κ2) is 5.36. The second-order valence-electron chi connectivity index (χ2n) is 4.58. The lowest BCUT2D eigenvalue weighted by Crippen LogP contribution is -2.30. The first-order valence-corrected chi connectivity index (χ1v) is 8.25. The Morgan fingerprint density at radius 2 is 1.89 bits per heavy atom. The zero-order valence-electron chi connectivity index (χ0n) is 10.3. The molecule has 0 spiro atoms. The van der Waals surface area contributed by atoms with Crippen LogP contribution in [0.25, 0.3) is 0 Å². The molecule has 0 aromatic heterocycles. The van der Waals surface area contributed by atoms with Gasteiger partial charge in [-0.25, -0.2) is 8.42 Å². The Labute approximate surface area is 113 Å². The molecule has 0 saturated carbocycles. The van der Waals surface area contributed by atoms with Crippen molar-refractivity contribution in [2.75, 3.05) is 29.0 Å². The van der Waals surface area contributed by atoms with E-state index in [9.17, 15) is 8.42 Å². The molecule has 1 heterocycles. The molecule has 0 radical (unpaired) electrons. The summed E-state index contributed by atoms with van der Waals surface area (Å²) in [5.41, 5.74) is 1.47. The van der Waals surface area contributed by atoms with Crippen molar-refractivity contribution in [1.82, 2.24) is 0 Å². The van der Waals surface area contributed by atoms with Gasteiger partial charge in [-0.1, -0.05) is 11.6 Å². The summed E-state index contributed by atoms with van der Waals surface area (Å²) in [6.45, 7) is 1.92. The minimum absolute atomic E-state index is 0.530. The van der Waals surface area contributed by atoms with Crippen molar-refractivity contribution >= 4 is 33.0 Å². The predicted octanol–water partition coefficient (Wildman–Crippen LogP) is 2.70. The molecule has 1 aliphatic rings. The number of halogens is 1. The first-order chi connectivity index (χ1) is 8.46. The number of hydrogen-bond donors (Lipinski definition) is 1. The van der Waals surface area contributed by atoms with E-state index < -0.39 is 10.0 Å². The molecule has 0 aliphatic carbocycles. The zero-order valence-corrected chi connectivity index (χ0v) is 11.9. The van der Waals surface area contributed by atoms with Gasteiger partial charge in [0.1, 0.15) is 0 Å². The molecule has 1 aliphatic heterocycles. The van der Waals surface area contributed by atoms with E-state index >= 15 is 0 Å². The SMILES string of the molecule is CS(=O)(=O)Nc1cc(Cl)ccc1N1CCCCC1. The first-order valence-electron chi connectivity index (χ1n) is 5.98. The number of sulfonamides is 1. The average Bonchev–Trinajstić information content (AvgIpc) is 2.28. The van der Waals surface area contributed by atoms with Crippen LogP contribution in [-0.2, 0) is 10.0 Å². The fourth-order valence-corrected chi connectivity index (χ4v) is 2.94. The molecule has 1 fully saturated rings. The van der Waals surface area contributed by atoms with Crippen LogP contribution in [0.4, 0.5) is 11.4 Å². The lowest BCUT2D eigenvalue weighted by atomic mass is 10.1. The van der Waals surface area contributed by atoms with Crippen LogP contribution >= 0.6 is 11.6 Å². The quantitative estimate of drug-likeness (QED) is 0.930. The molecule has 4 nitrogen and oxygen atoms in total. The summed E-state index contributed by atoms with van der Waals surface area (Å²) in [6, 6.07) is 5.33. The summed E-state index contributed by atoms with van der Waals surface area (Å²) in [5.74, 6) is 0. The number of hydrogen-bond acceptors (Lipinski definition) is 3. The van der Waals surface area contributed by atoms with Crippen LogP contribution in [-0.4, -0.2) is 27.8 Å². The minimum atomic E-state index is -3.29. The molecule has 0 atom stereocenters. The number of rotatable bonds is 3. The molecule has 1 saturated heterocycles. The maximum Gasteiger partial charge on any atom is 0.229 e. The highest BCUT2D eigenvalue weighted by Gasteiger charge is 2.16. The van der Waals surface area contributed by atoms with Crippen LogP contribution in [0.2, 0.25) is 5.02 Å². The van der Waals surface area contributed by atoms with E-state index in [1.54, 1.807) is 12.1 Å². The van der Waals surface area contributed by atoms with E-state index in [-0.39, 0.29) is 0 Å². The van der Waals surface area contributed by atoms with Crippen molar-refractivity contribution in [3.63, 3.8) is 0 Å². The number of anilines is 2. The standard InChI is InChI=1S/C12H17ClN2O2S/c1-18(16,17)14-11-9-10(13)5-6-12(11)15-7-3-2-4-8-15/h5-6,9,14H,2-4,7-8H2,1H3. The molecular weight excluding hydrogens is 272 g/mol. The molecule has 1 aromatic carbocycles. The first kappa shape index (κ1) is 13.5. The summed E-state index contributed by atoms with van der Waals surface area (Å²) >= 11 is 5.93. The number of nitrogens with zero attached hydrogens (tertiary/aromatic N) is 1. The van der Waals surface area contributed by atoms with Crippen LogP contribution in [0.1, 0.15) is 19.3 Å². The van der Waals surface area contributed by atoms with E-state index in [1.165, 1.54) is 6.42 Å². The summed E-state index contributed by atoms with van der Waals surface area (Å²) < 4.78 is 25.3. The minimum Gasteiger partial charge on any atom is -0.370 e. The van der Waals surface area contributed by atoms with Gasteiger partial charge in [0, 0.05) is 18.1 Å². The highest BCUT2D eigenvalue weighted by Crippen LogP contribution is 2.31. The third kappa shape index (κ3) is 3.53. The number of nitrogens with one attached hydrogen (secondary N) is 1. The highest BCUT2D eigenvalue weighted by molar-refractivity contribution is 7.92. The maximum absolute atomic E-state index is 11.4. The van der Waals surface area contributed by atoms with Gasteiger partial charge in [0.25, 0.3) is 0 Å². The van der Waals surface area contributed by atoms with E-state index in [4.69, 9.17) is 11.6 Å². The molecule has 18 heavy (non-hydrogen) atoms. The molecule has 1 N–H and O–H groups in total. The third-order valence-electron chi connectivity index (χ3n) is 2.95. The van der Waals surface area contributed by atoms with Crippen molar-refractivity contribution in [3.05, 3.63) is 23.2 Å². The van der Waals surface area contributed by atoms with Gasteiger partial charge in [-0.15, -0.1) is 0 Å². The summed E-state index contributed by atoms with van der Waals surface area (Å²) in [7, 11) is -3.29. The number of benzene rings is 1. The number of piperidine rings is 1. The lowest BCUT2D eigenvalue weighted by Gasteiger charge is -2.30. The van der Waals surface area contributed by atoms with Crippen LogP contribution in [0.15, 0.2) is 18.2 Å². The van der Waals surface area contributed by atoms with Crippen molar-refractivity contribution in [3.8, 4) is 0 Å². The fourth-order valence-electron chi connectivity index (χ4n) is 2.20. The Morgan fingerprint density at radius 1 is 1.22 bits per heavy atom. The second-order valence-corrected chi connectivity index (χ2v) is 6.77. The van der Waals surface area contributed by atoms with Crippen LogP contribution in [0, 0.1) is 0 Å². The predicted molar refractivity (Wildman–Crippen MR) is 76.0 cm³/mol. The van der Waals surface area contributed by atoms with Gasteiger partial charge in [-0.2, -0.15) is 0 Å². The zero-order chi connectivity index (χ0) is 13.2. The van der Waals surface area contributed by atoms with Gasteiger partial charge in [0.15, 0.2) is 0 Å². The molecule has 1 aromatic rings. The summed E-state index contributed by atoms with van der Waals surface area (Å²) in [5, 5.41) is 0.530. The maximum atomic E-state index is 11.4. The summed E-state index contributed by atoms with van der Waals surface area (Å²) in [4.78, 5) is 2.20. The van der Waals surface area contributed by atoms with Gasteiger partial charge < -0.3 is 4.90 Å². The van der Waals surface area contributed by atoms with E-state index in [0.717, 1.165) is 37.9 Å². The topological polar surface area (TPSA) is 49.4 Å². The van der Waals surface area contributed by atoms with Crippen molar-refractivity contribution in [2.24, 2.45) is 0 Å². The van der Waals surface area contributed by atoms with Crippen molar-refractivity contribution < 1.29 is 8.42 Å². The van der Waals surface area contributed by atoms with Crippen LogP contribution in [0.3, 0.4) is 0 Å². The fraction of sp³-hybridized carbons (Fsp3) is 0.500. The third-order valence-corrected chi connectivity index (χ3v) is 3.78. The highest BCUT2D eigenvalue weighted by atomic mass is 35.5. The van der Waals surface area contributed by atoms with Gasteiger partial charge in [-0.3, -0.25) is 4.72 Å². The largest absolute Gasteiger partial charge is 0.370 e. The molecule has 0 amide bonds. The normalized spacial score (nSPS) is 16.7. The Kier molecular flexibility index (Phi) is 4.02. The van der Waals surface area contributed by atoms with Crippen molar-refractivity contribution in [2.45, 2.75) is 19.3 Å². The molecule has 0 unspecified atom stereocenters. The monoisotopic (exact) mass is 288 g/mol. The molecule has 0 bridgehead atoms. The van der Waals surface area contributed by atoms with E-state index in [0.29, 0.717) is 10.7 Å². The summed E-state index contributed by atoms with van der Waals surface area (Å²) in [6.07, 6.45) is 4.66. The Morgan fingerprint density at radius 3 is 2.50 bits per heavy atom. The Hall–Kier alpha value is -0.940. The lowest BCUT2D eigenvalue weighted by molar-refractivity contribution is 0.578. The van der Waals surface area contributed by atoms with Gasteiger partial charge in [0.05, 0.1) is 17.6 Å². The van der Waals surface area contributed by atoms with Gasteiger partial charge in [-0.05, 0) is 37.5 Å². The average molecular weight is 289 g/mol. The molecule has 6 heteroatoms.